The highest BCUT2D eigenvalue weighted by molar-refractivity contribution is 6.22. The fraction of sp³-hybridized carbons (Fsp3) is 0.500. The van der Waals surface area contributed by atoms with Crippen LogP contribution in [0.5, 0.6) is 0 Å². The van der Waals surface area contributed by atoms with Crippen molar-refractivity contribution < 1.29 is 15.0 Å². The zero-order chi connectivity index (χ0) is 17.2. The molecule has 0 fully saturated rings. The Hall–Kier alpha value is -1.52. The van der Waals surface area contributed by atoms with E-state index in [4.69, 9.17) is 16.7 Å². The zero-order valence-corrected chi connectivity index (χ0v) is 14.6. The molecule has 1 aromatic carbocycles. The van der Waals surface area contributed by atoms with Crippen LogP contribution in [0.25, 0.3) is 0 Å². The molecule has 0 aliphatic carbocycles. The number of rotatable bonds is 5. The minimum absolute atomic E-state index is 0.0582. The van der Waals surface area contributed by atoms with Gasteiger partial charge in [-0.1, -0.05) is 11.1 Å². The third-order valence-electron chi connectivity index (χ3n) is 4.82. The van der Waals surface area contributed by atoms with Crippen LogP contribution in [0.3, 0.4) is 0 Å². The molecule has 3 N–H and O–H groups in total. The Bertz CT molecular complexity index is 637. The maximum absolute atomic E-state index is 11.1. The van der Waals surface area contributed by atoms with Crippen molar-refractivity contribution in [1.82, 2.24) is 0 Å². The van der Waals surface area contributed by atoms with Gasteiger partial charge in [0, 0.05) is 5.69 Å². The predicted octanol–water partition coefficient (Wildman–Crippen LogP) is 3.83. The van der Waals surface area contributed by atoms with Gasteiger partial charge in [-0.2, -0.15) is 0 Å². The number of benzene rings is 1. The van der Waals surface area contributed by atoms with E-state index in [-0.39, 0.29) is 17.5 Å². The second-order valence-electron chi connectivity index (χ2n) is 6.57. The van der Waals surface area contributed by atoms with Gasteiger partial charge >= 0.3 is 5.97 Å². The molecule has 126 valence electrons. The summed E-state index contributed by atoms with van der Waals surface area (Å²) in [7, 11) is 0. The second-order valence-corrected chi connectivity index (χ2v) is 7.10. The van der Waals surface area contributed by atoms with E-state index in [1.807, 2.05) is 0 Å². The number of allylic oxidation sites excluding steroid dienone is 2. The van der Waals surface area contributed by atoms with Crippen LogP contribution < -0.4 is 5.32 Å². The lowest BCUT2D eigenvalue weighted by atomic mass is 9.81. The summed E-state index contributed by atoms with van der Waals surface area (Å²) in [4.78, 5) is 11.1. The summed E-state index contributed by atoms with van der Waals surface area (Å²) >= 11 is 6.58. The van der Waals surface area contributed by atoms with Gasteiger partial charge in [0.15, 0.2) is 0 Å². The Morgan fingerprint density at radius 2 is 2.09 bits per heavy atom. The minimum atomic E-state index is -0.947. The smallest absolute Gasteiger partial charge is 0.335 e. The van der Waals surface area contributed by atoms with Crippen molar-refractivity contribution in [3.8, 4) is 0 Å². The topological polar surface area (TPSA) is 69.6 Å². The quantitative estimate of drug-likeness (QED) is 0.564. The van der Waals surface area contributed by atoms with Gasteiger partial charge in [-0.25, -0.2) is 4.79 Å². The summed E-state index contributed by atoms with van der Waals surface area (Å²) in [6.45, 7) is 6.20. The van der Waals surface area contributed by atoms with E-state index in [0.717, 1.165) is 24.1 Å². The maximum atomic E-state index is 11.1. The van der Waals surface area contributed by atoms with Gasteiger partial charge < -0.3 is 15.5 Å². The summed E-state index contributed by atoms with van der Waals surface area (Å²) in [5.41, 5.74) is 3.99. The number of nitrogens with one attached hydrogen (secondary N) is 1. The van der Waals surface area contributed by atoms with Crippen molar-refractivity contribution in [2.75, 3.05) is 11.9 Å². The van der Waals surface area contributed by atoms with E-state index in [9.17, 15) is 9.90 Å². The molecule has 1 aromatic rings. The molecule has 0 saturated carbocycles. The lowest BCUT2D eigenvalue weighted by Crippen LogP contribution is -2.53. The second kappa shape index (κ2) is 6.93. The van der Waals surface area contributed by atoms with Crippen LogP contribution in [0.2, 0.25) is 0 Å². The number of anilines is 1. The van der Waals surface area contributed by atoms with Crippen molar-refractivity contribution in [3.63, 3.8) is 0 Å². The number of aromatic carboxylic acids is 1. The van der Waals surface area contributed by atoms with Gasteiger partial charge in [-0.15, -0.1) is 11.6 Å². The fourth-order valence-electron chi connectivity index (χ4n) is 2.85. The maximum Gasteiger partial charge on any atom is 0.335 e. The van der Waals surface area contributed by atoms with Crippen molar-refractivity contribution >= 4 is 23.3 Å². The Kier molecular flexibility index (Phi) is 5.37. The summed E-state index contributed by atoms with van der Waals surface area (Å²) in [6.07, 6.45) is 2.13. The predicted molar refractivity (Wildman–Crippen MR) is 93.5 cm³/mol. The fourth-order valence-corrected chi connectivity index (χ4v) is 3.25. The Morgan fingerprint density at radius 3 is 2.65 bits per heavy atom. The first-order valence-electron chi connectivity index (χ1n) is 7.81. The molecule has 0 amide bonds. The molecule has 5 heteroatoms. The van der Waals surface area contributed by atoms with Crippen molar-refractivity contribution in [2.24, 2.45) is 0 Å². The third kappa shape index (κ3) is 3.70. The SMILES string of the molecule is CC(C)=C(C)CC[C@]1(CO)Nc2ccc(C(=O)O)cc2CC1Cl. The van der Waals surface area contributed by atoms with E-state index in [0.29, 0.717) is 6.42 Å². The van der Waals surface area contributed by atoms with Crippen LogP contribution in [0, 0.1) is 0 Å². The Balaban J connectivity index is 2.27. The average molecular weight is 338 g/mol. The highest BCUT2D eigenvalue weighted by Gasteiger charge is 2.41. The number of fused-ring (bicyclic) bond motifs is 1. The monoisotopic (exact) mass is 337 g/mol. The summed E-state index contributed by atoms with van der Waals surface area (Å²) < 4.78 is 0. The standard InChI is InChI=1S/C18H24ClNO3/c1-11(2)12(3)6-7-18(10-21)16(19)9-14-8-13(17(22)23)4-5-15(14)20-18/h4-5,8,16,20-21H,6-7,9-10H2,1-3H3,(H,22,23)/t16?,18-/m1/s1. The van der Waals surface area contributed by atoms with Gasteiger partial charge in [-0.05, 0) is 63.8 Å². The lowest BCUT2D eigenvalue weighted by molar-refractivity contribution is 0.0696. The largest absolute Gasteiger partial charge is 0.478 e. The first-order valence-corrected chi connectivity index (χ1v) is 8.25. The number of hydrogen-bond donors (Lipinski definition) is 3. The number of alkyl halides is 1. The zero-order valence-electron chi connectivity index (χ0n) is 13.8. The van der Waals surface area contributed by atoms with Gasteiger partial charge in [0.05, 0.1) is 23.1 Å². The summed E-state index contributed by atoms with van der Waals surface area (Å²) in [5.74, 6) is -0.947. The number of carboxylic acid groups (broad SMARTS) is 1. The normalized spacial score (nSPS) is 22.9. The molecule has 0 radical (unpaired) electrons. The first kappa shape index (κ1) is 17.8. The molecule has 0 bridgehead atoms. The molecule has 1 heterocycles. The minimum Gasteiger partial charge on any atom is -0.478 e. The van der Waals surface area contributed by atoms with Crippen LogP contribution in [0.1, 0.15) is 49.5 Å². The third-order valence-corrected chi connectivity index (χ3v) is 5.39. The lowest BCUT2D eigenvalue weighted by Gasteiger charge is -2.43. The molecule has 1 aliphatic heterocycles. The van der Waals surface area contributed by atoms with Crippen molar-refractivity contribution in [1.29, 1.82) is 0 Å². The molecule has 0 saturated heterocycles. The van der Waals surface area contributed by atoms with E-state index in [1.54, 1.807) is 18.2 Å². The molecule has 4 nitrogen and oxygen atoms in total. The van der Waals surface area contributed by atoms with Gasteiger partial charge in [-0.3, -0.25) is 0 Å². The van der Waals surface area contributed by atoms with Crippen LogP contribution in [-0.4, -0.2) is 33.7 Å². The first-order chi connectivity index (χ1) is 10.8. The van der Waals surface area contributed by atoms with Gasteiger partial charge in [0.1, 0.15) is 0 Å². The highest BCUT2D eigenvalue weighted by Crippen LogP contribution is 2.38. The van der Waals surface area contributed by atoms with Crippen LogP contribution >= 0.6 is 11.6 Å². The van der Waals surface area contributed by atoms with E-state index in [2.05, 4.69) is 26.1 Å². The number of carboxylic acids is 1. The van der Waals surface area contributed by atoms with E-state index >= 15 is 0 Å². The Labute approximate surface area is 142 Å². The molecule has 0 spiro atoms. The molecule has 2 rings (SSSR count). The number of aliphatic hydroxyl groups is 1. The van der Waals surface area contributed by atoms with Gasteiger partial charge in [0.2, 0.25) is 0 Å². The van der Waals surface area contributed by atoms with Crippen LogP contribution in [-0.2, 0) is 6.42 Å². The summed E-state index contributed by atoms with van der Waals surface area (Å²) in [5, 5.41) is 22.2. The molecule has 1 aliphatic rings. The number of carbonyl (C=O) groups is 1. The van der Waals surface area contributed by atoms with Crippen LogP contribution in [0.4, 0.5) is 5.69 Å². The van der Waals surface area contributed by atoms with Crippen molar-refractivity contribution in [3.05, 3.63) is 40.5 Å². The van der Waals surface area contributed by atoms with Crippen molar-refractivity contribution in [2.45, 2.75) is 50.9 Å². The number of aliphatic hydroxyl groups excluding tert-OH is 1. The van der Waals surface area contributed by atoms with E-state index in [1.165, 1.54) is 11.1 Å². The molecular weight excluding hydrogens is 314 g/mol. The number of hydrogen-bond acceptors (Lipinski definition) is 3. The molecular formula is C18H24ClNO3. The number of halogens is 1. The highest BCUT2D eigenvalue weighted by atomic mass is 35.5. The molecule has 0 aromatic heterocycles. The average Bonchev–Trinajstić information content (AvgIpc) is 2.51. The van der Waals surface area contributed by atoms with Crippen LogP contribution in [0.15, 0.2) is 29.3 Å². The van der Waals surface area contributed by atoms with Gasteiger partial charge in [0.25, 0.3) is 0 Å². The molecule has 1 unspecified atom stereocenters. The molecule has 23 heavy (non-hydrogen) atoms. The summed E-state index contributed by atoms with van der Waals surface area (Å²) in [6, 6.07) is 4.99. The Morgan fingerprint density at radius 1 is 1.39 bits per heavy atom. The molecule has 2 atom stereocenters. The van der Waals surface area contributed by atoms with E-state index < -0.39 is 11.5 Å².